The van der Waals surface area contributed by atoms with E-state index in [9.17, 15) is 14.0 Å². The van der Waals surface area contributed by atoms with Crippen molar-refractivity contribution in [1.82, 2.24) is 10.2 Å². The molecule has 1 aromatic rings. The molecule has 2 aliphatic heterocycles. The summed E-state index contributed by atoms with van der Waals surface area (Å²) in [4.78, 5) is 31.5. The van der Waals surface area contributed by atoms with E-state index in [4.69, 9.17) is 4.74 Å². The van der Waals surface area contributed by atoms with Crippen LogP contribution < -0.4 is 5.32 Å². The Hall–Kier alpha value is -2.61. The van der Waals surface area contributed by atoms with Crippen molar-refractivity contribution in [3.8, 4) is 0 Å². The van der Waals surface area contributed by atoms with Crippen LogP contribution in [-0.4, -0.2) is 34.6 Å². The number of hydrogen-bond acceptors (Lipinski definition) is 6. The molecule has 3 aliphatic rings. The zero-order chi connectivity index (χ0) is 20.5. The maximum Gasteiger partial charge on any atom is 0.338 e. The van der Waals surface area contributed by atoms with E-state index in [1.807, 2.05) is 5.41 Å². The van der Waals surface area contributed by atoms with Crippen molar-refractivity contribution in [3.63, 3.8) is 0 Å². The van der Waals surface area contributed by atoms with E-state index >= 15 is 0 Å². The van der Waals surface area contributed by atoms with Gasteiger partial charge in [-0.2, -0.15) is 0 Å². The molecule has 152 valence electrons. The van der Waals surface area contributed by atoms with E-state index in [-0.39, 0.29) is 30.5 Å². The Balaban J connectivity index is 1.73. The van der Waals surface area contributed by atoms with Gasteiger partial charge in [0.2, 0.25) is 5.91 Å². The van der Waals surface area contributed by atoms with Crippen LogP contribution in [0.15, 0.2) is 51.6 Å². The predicted molar refractivity (Wildman–Crippen MR) is 109 cm³/mol. The molecule has 0 spiro atoms. The number of allylic oxidation sites excluding steroid dienone is 1. The second-order valence-electron chi connectivity index (χ2n) is 7.15. The Morgan fingerprint density at radius 3 is 2.79 bits per heavy atom. The summed E-state index contributed by atoms with van der Waals surface area (Å²) in [6.07, 6.45) is 2.15. The number of carbonyl (C=O) groups is 2. The van der Waals surface area contributed by atoms with Gasteiger partial charge in [0.05, 0.1) is 30.3 Å². The molecular weight excluding hydrogens is 393 g/mol. The predicted octanol–water partition coefficient (Wildman–Crippen LogP) is 3.63. The minimum atomic E-state index is -0.738. The fraction of sp³-hybridized carbons (Fsp3) is 0.381. The van der Waals surface area contributed by atoms with E-state index in [2.05, 4.69) is 10.3 Å². The molecule has 0 unspecified atom stereocenters. The van der Waals surface area contributed by atoms with Crippen LogP contribution in [0.4, 0.5) is 4.39 Å². The molecule has 8 heteroatoms. The summed E-state index contributed by atoms with van der Waals surface area (Å²) in [6, 6.07) is 5.87. The number of rotatable bonds is 6. The first kappa shape index (κ1) is 19.7. The monoisotopic (exact) mass is 415 g/mol. The molecule has 1 aliphatic carbocycles. The Morgan fingerprint density at radius 2 is 2.10 bits per heavy atom. The molecule has 29 heavy (non-hydrogen) atoms. The van der Waals surface area contributed by atoms with E-state index in [0.717, 1.165) is 12.8 Å². The number of hydrogen-bond donors (Lipinski definition) is 1. The van der Waals surface area contributed by atoms with Crippen LogP contribution in [0.3, 0.4) is 0 Å². The van der Waals surface area contributed by atoms with Crippen molar-refractivity contribution in [3.05, 3.63) is 58.0 Å². The van der Waals surface area contributed by atoms with Gasteiger partial charge in [-0.1, -0.05) is 30.0 Å². The van der Waals surface area contributed by atoms with Gasteiger partial charge in [-0.25, -0.2) is 14.2 Å². The standard InChI is InChI=1S/C21H22FN3O3S/c1-3-28-20(27)18-12(2)23-21-25(19(18)15-6-4-5-7-16(15)22)14(11-29-21)10-17(26)24-13-8-9-13/h4-7,11,13,19H,3,8-10H2,1-2H3,(H,24,26)/t19-/m1/s1. The van der Waals surface area contributed by atoms with Crippen LogP contribution in [0.2, 0.25) is 0 Å². The van der Waals surface area contributed by atoms with E-state index in [1.54, 1.807) is 36.9 Å². The van der Waals surface area contributed by atoms with Gasteiger partial charge in [-0.05, 0) is 38.2 Å². The summed E-state index contributed by atoms with van der Waals surface area (Å²) in [5, 5.41) is 5.44. The van der Waals surface area contributed by atoms with Crippen LogP contribution in [0.25, 0.3) is 0 Å². The average Bonchev–Trinajstić information content (AvgIpc) is 3.41. The molecule has 0 radical (unpaired) electrons. The van der Waals surface area contributed by atoms with E-state index in [1.165, 1.54) is 17.8 Å². The van der Waals surface area contributed by atoms with Crippen LogP contribution in [0, 0.1) is 5.82 Å². The quantitative estimate of drug-likeness (QED) is 0.719. The average molecular weight is 415 g/mol. The van der Waals surface area contributed by atoms with Crippen molar-refractivity contribution in [2.24, 2.45) is 4.99 Å². The van der Waals surface area contributed by atoms with Crippen LogP contribution in [-0.2, 0) is 14.3 Å². The third kappa shape index (κ3) is 3.94. The molecule has 4 rings (SSSR count). The summed E-state index contributed by atoms with van der Waals surface area (Å²) >= 11 is 1.37. The van der Waals surface area contributed by atoms with Crippen LogP contribution in [0.5, 0.6) is 0 Å². The highest BCUT2D eigenvalue weighted by Gasteiger charge is 2.42. The fourth-order valence-corrected chi connectivity index (χ4v) is 4.47. The Morgan fingerprint density at radius 1 is 1.34 bits per heavy atom. The molecule has 1 fully saturated rings. The maximum atomic E-state index is 14.8. The van der Waals surface area contributed by atoms with Gasteiger partial charge in [0, 0.05) is 17.3 Å². The highest BCUT2D eigenvalue weighted by atomic mass is 32.2. The van der Waals surface area contributed by atoms with Crippen molar-refractivity contribution in [2.45, 2.75) is 45.2 Å². The number of nitrogens with zero attached hydrogens (tertiary/aromatic N) is 2. The fourth-order valence-electron chi connectivity index (χ4n) is 3.50. The Bertz CT molecular complexity index is 952. The molecule has 0 bridgehead atoms. The van der Waals surface area contributed by atoms with Gasteiger partial charge in [0.15, 0.2) is 5.17 Å². The molecule has 1 aromatic carbocycles. The Kier molecular flexibility index (Phi) is 5.45. The minimum absolute atomic E-state index is 0.0863. The highest BCUT2D eigenvalue weighted by Crippen LogP contribution is 2.45. The lowest BCUT2D eigenvalue weighted by atomic mass is 9.93. The van der Waals surface area contributed by atoms with Crippen molar-refractivity contribution >= 4 is 28.8 Å². The van der Waals surface area contributed by atoms with E-state index < -0.39 is 17.8 Å². The summed E-state index contributed by atoms with van der Waals surface area (Å²) < 4.78 is 20.1. The van der Waals surface area contributed by atoms with Crippen LogP contribution >= 0.6 is 11.8 Å². The second-order valence-corrected chi connectivity index (χ2v) is 7.99. The number of esters is 1. The molecule has 6 nitrogen and oxygen atoms in total. The number of carbonyl (C=O) groups excluding carboxylic acids is 2. The number of halogens is 1. The minimum Gasteiger partial charge on any atom is -0.463 e. The first-order valence-electron chi connectivity index (χ1n) is 9.65. The second kappa shape index (κ2) is 8.02. The first-order valence-corrected chi connectivity index (χ1v) is 10.5. The first-order chi connectivity index (χ1) is 14.0. The van der Waals surface area contributed by atoms with Gasteiger partial charge in [0.25, 0.3) is 0 Å². The number of amides is 1. The number of aliphatic imine (C=N–C) groups is 1. The molecule has 1 amide bonds. The normalized spacial score (nSPS) is 20.8. The molecule has 2 heterocycles. The molecular formula is C21H22FN3O3S. The summed E-state index contributed by atoms with van der Waals surface area (Å²) in [5.74, 6) is -1.04. The number of thioether (sulfide) groups is 1. The number of ether oxygens (including phenoxy) is 1. The number of benzene rings is 1. The smallest absolute Gasteiger partial charge is 0.338 e. The van der Waals surface area contributed by atoms with Gasteiger partial charge < -0.3 is 15.0 Å². The highest BCUT2D eigenvalue weighted by molar-refractivity contribution is 8.16. The zero-order valence-corrected chi connectivity index (χ0v) is 17.1. The number of amidine groups is 1. The SMILES string of the molecule is CCOC(=O)C1=C(C)N=C2SC=C(CC(=O)NC3CC3)N2[C@@H]1c1ccccc1F. The van der Waals surface area contributed by atoms with Gasteiger partial charge in [-0.3, -0.25) is 4.79 Å². The maximum absolute atomic E-state index is 14.8. The lowest BCUT2D eigenvalue weighted by Crippen LogP contribution is -2.38. The molecule has 0 saturated heterocycles. The van der Waals surface area contributed by atoms with Crippen LogP contribution in [0.1, 0.15) is 44.7 Å². The van der Waals surface area contributed by atoms with Gasteiger partial charge in [-0.15, -0.1) is 0 Å². The third-order valence-electron chi connectivity index (χ3n) is 4.98. The number of nitrogens with one attached hydrogen (secondary N) is 1. The van der Waals surface area contributed by atoms with Crippen molar-refractivity contribution in [2.75, 3.05) is 6.61 Å². The zero-order valence-electron chi connectivity index (χ0n) is 16.3. The number of fused-ring (bicyclic) bond motifs is 1. The lowest BCUT2D eigenvalue weighted by Gasteiger charge is -2.36. The van der Waals surface area contributed by atoms with Crippen molar-refractivity contribution < 1.29 is 18.7 Å². The molecule has 1 atom stereocenters. The van der Waals surface area contributed by atoms with E-state index in [0.29, 0.717) is 22.1 Å². The van der Waals surface area contributed by atoms with Gasteiger partial charge in [0.1, 0.15) is 5.82 Å². The summed E-state index contributed by atoms with van der Waals surface area (Å²) in [7, 11) is 0. The molecule has 0 aromatic heterocycles. The topological polar surface area (TPSA) is 71.0 Å². The Labute approximate surface area is 172 Å². The van der Waals surface area contributed by atoms with Crippen molar-refractivity contribution in [1.29, 1.82) is 0 Å². The van der Waals surface area contributed by atoms with Gasteiger partial charge >= 0.3 is 5.97 Å². The lowest BCUT2D eigenvalue weighted by molar-refractivity contribution is -0.139. The molecule has 1 N–H and O–H groups in total. The third-order valence-corrected chi connectivity index (χ3v) is 5.87. The largest absolute Gasteiger partial charge is 0.463 e. The summed E-state index contributed by atoms with van der Waals surface area (Å²) in [6.45, 7) is 3.66. The summed E-state index contributed by atoms with van der Waals surface area (Å²) in [5.41, 5.74) is 1.82. The molecule has 1 saturated carbocycles.